The zero-order chi connectivity index (χ0) is 21.7. The van der Waals surface area contributed by atoms with Crippen molar-refractivity contribution in [2.24, 2.45) is 5.10 Å². The molecule has 158 valence electrons. The summed E-state index contributed by atoms with van der Waals surface area (Å²) < 4.78 is 0. The van der Waals surface area contributed by atoms with Crippen molar-refractivity contribution < 1.29 is 9.59 Å². The molecule has 1 atom stereocenters. The Labute approximate surface area is 178 Å². The van der Waals surface area contributed by atoms with Crippen LogP contribution in [0.25, 0.3) is 0 Å². The summed E-state index contributed by atoms with van der Waals surface area (Å²) in [5.41, 5.74) is 5.38. The van der Waals surface area contributed by atoms with Crippen molar-refractivity contribution in [3.63, 3.8) is 0 Å². The molecule has 1 N–H and O–H groups in total. The van der Waals surface area contributed by atoms with Crippen molar-refractivity contribution in [2.45, 2.75) is 39.7 Å². The molecule has 30 heavy (non-hydrogen) atoms. The smallest absolute Gasteiger partial charge is 0.317 e. The van der Waals surface area contributed by atoms with E-state index in [1.54, 1.807) is 12.1 Å². The first-order valence-corrected chi connectivity index (χ1v) is 10.4. The minimum atomic E-state index is -0.251. The number of rotatable bonds is 6. The third kappa shape index (κ3) is 4.87. The number of carbonyl (C=O) groups excluding carboxylic acids is 2. The molecular formula is C24H30N4O2. The van der Waals surface area contributed by atoms with Gasteiger partial charge in [0.05, 0.1) is 11.8 Å². The maximum absolute atomic E-state index is 13.1. The minimum absolute atomic E-state index is 0.0252. The zero-order valence-corrected chi connectivity index (χ0v) is 18.2. The van der Waals surface area contributed by atoms with Crippen molar-refractivity contribution in [1.82, 2.24) is 15.2 Å². The highest BCUT2D eigenvalue weighted by Crippen LogP contribution is 2.33. The first-order chi connectivity index (χ1) is 14.4. The van der Waals surface area contributed by atoms with Crippen LogP contribution in [0.3, 0.4) is 0 Å². The maximum atomic E-state index is 13.1. The molecule has 6 nitrogen and oxygen atoms in total. The monoisotopic (exact) mass is 406 g/mol. The number of nitrogens with one attached hydrogen (secondary N) is 1. The summed E-state index contributed by atoms with van der Waals surface area (Å²) in [6, 6.07) is 15.8. The Morgan fingerprint density at radius 3 is 2.53 bits per heavy atom. The van der Waals surface area contributed by atoms with E-state index >= 15 is 0 Å². The van der Waals surface area contributed by atoms with Gasteiger partial charge in [0.2, 0.25) is 0 Å². The van der Waals surface area contributed by atoms with Gasteiger partial charge >= 0.3 is 6.03 Å². The second-order valence-electron chi connectivity index (χ2n) is 7.80. The Hall–Kier alpha value is -3.15. The number of hydrogen-bond acceptors (Lipinski definition) is 3. The van der Waals surface area contributed by atoms with E-state index in [9.17, 15) is 9.59 Å². The molecule has 1 heterocycles. The molecule has 0 bridgehead atoms. The van der Waals surface area contributed by atoms with Crippen LogP contribution in [-0.4, -0.2) is 47.7 Å². The summed E-state index contributed by atoms with van der Waals surface area (Å²) in [5.74, 6) is -0.197. The summed E-state index contributed by atoms with van der Waals surface area (Å²) in [4.78, 5) is 26.7. The first-order valence-electron chi connectivity index (χ1n) is 10.4. The van der Waals surface area contributed by atoms with Crippen LogP contribution in [0.4, 0.5) is 4.79 Å². The molecule has 0 aromatic heterocycles. The lowest BCUT2D eigenvalue weighted by molar-refractivity contribution is -0.133. The Kier molecular flexibility index (Phi) is 6.87. The van der Waals surface area contributed by atoms with Crippen molar-refractivity contribution in [3.8, 4) is 0 Å². The summed E-state index contributed by atoms with van der Waals surface area (Å²) >= 11 is 0. The lowest BCUT2D eigenvalue weighted by Gasteiger charge is -2.25. The van der Waals surface area contributed by atoms with Crippen LogP contribution in [0, 0.1) is 13.8 Å². The van der Waals surface area contributed by atoms with Gasteiger partial charge in [-0.15, -0.1) is 0 Å². The van der Waals surface area contributed by atoms with Gasteiger partial charge < -0.3 is 10.2 Å². The largest absolute Gasteiger partial charge is 0.338 e. The molecule has 3 rings (SSSR count). The predicted molar refractivity (Wildman–Crippen MR) is 119 cm³/mol. The number of aryl methyl sites for hydroxylation is 2. The average molecular weight is 407 g/mol. The number of nitrogens with zero attached hydrogens (tertiary/aromatic N) is 3. The van der Waals surface area contributed by atoms with Gasteiger partial charge in [-0.1, -0.05) is 49.4 Å². The molecular weight excluding hydrogens is 376 g/mol. The van der Waals surface area contributed by atoms with E-state index in [4.69, 9.17) is 5.10 Å². The summed E-state index contributed by atoms with van der Waals surface area (Å²) in [6.45, 7) is 6.71. The molecule has 1 aliphatic heterocycles. The highest BCUT2D eigenvalue weighted by molar-refractivity contribution is 6.03. The van der Waals surface area contributed by atoms with Crippen LogP contribution >= 0.6 is 0 Å². The molecule has 0 saturated carbocycles. The van der Waals surface area contributed by atoms with Crippen molar-refractivity contribution in [3.05, 3.63) is 70.8 Å². The van der Waals surface area contributed by atoms with Gasteiger partial charge in [-0.3, -0.25) is 4.79 Å². The number of hydrazone groups is 1. The number of hydrogen-bond donors (Lipinski definition) is 1. The van der Waals surface area contributed by atoms with Gasteiger partial charge in [0.25, 0.3) is 5.91 Å². The Bertz CT molecular complexity index is 939. The van der Waals surface area contributed by atoms with E-state index in [-0.39, 0.29) is 24.5 Å². The first kappa shape index (κ1) is 21.6. The third-order valence-corrected chi connectivity index (χ3v) is 5.44. The number of carbonyl (C=O) groups is 2. The molecule has 0 aliphatic carbocycles. The van der Waals surface area contributed by atoms with Crippen LogP contribution in [0.1, 0.15) is 48.1 Å². The molecule has 0 saturated heterocycles. The highest BCUT2D eigenvalue weighted by Gasteiger charge is 2.33. The molecule has 0 fully saturated rings. The summed E-state index contributed by atoms with van der Waals surface area (Å²) in [7, 11) is 1.63. The zero-order valence-electron chi connectivity index (χ0n) is 18.2. The van der Waals surface area contributed by atoms with Crippen LogP contribution in [0.5, 0.6) is 0 Å². The van der Waals surface area contributed by atoms with E-state index in [1.807, 2.05) is 37.3 Å². The normalized spacial score (nSPS) is 15.7. The predicted octanol–water partition coefficient (Wildman–Crippen LogP) is 4.03. The van der Waals surface area contributed by atoms with Crippen molar-refractivity contribution in [1.29, 1.82) is 0 Å². The number of likely N-dealkylation sites (N-methyl/N-ethyl adjacent to an activating group) is 1. The fourth-order valence-electron chi connectivity index (χ4n) is 3.48. The van der Waals surface area contributed by atoms with Gasteiger partial charge in [0, 0.05) is 20.0 Å². The van der Waals surface area contributed by atoms with Crippen LogP contribution in [-0.2, 0) is 4.79 Å². The van der Waals surface area contributed by atoms with Crippen molar-refractivity contribution in [2.75, 3.05) is 20.1 Å². The van der Waals surface area contributed by atoms with Crippen molar-refractivity contribution >= 4 is 17.6 Å². The van der Waals surface area contributed by atoms with Gasteiger partial charge in [0.1, 0.15) is 6.54 Å². The Morgan fingerprint density at radius 1 is 1.13 bits per heavy atom. The number of benzene rings is 2. The molecule has 2 aromatic carbocycles. The van der Waals surface area contributed by atoms with Gasteiger partial charge in [0.15, 0.2) is 0 Å². The van der Waals surface area contributed by atoms with Gasteiger partial charge in [-0.2, -0.15) is 5.10 Å². The third-order valence-electron chi connectivity index (χ3n) is 5.44. The summed E-state index contributed by atoms with van der Waals surface area (Å²) in [6.07, 6.45) is 1.49. The molecule has 6 heteroatoms. The summed E-state index contributed by atoms with van der Waals surface area (Å²) in [5, 5.41) is 9.05. The topological polar surface area (TPSA) is 65.0 Å². The Balaban J connectivity index is 1.84. The second kappa shape index (κ2) is 9.57. The van der Waals surface area contributed by atoms with E-state index in [0.717, 1.165) is 23.3 Å². The number of amides is 3. The van der Waals surface area contributed by atoms with E-state index < -0.39 is 0 Å². The SMILES string of the molecule is CCCNC(=O)N(C)CC(=O)N1N=C(c2ccc(C)c(C)c2)C[C@H]1c1ccccc1. The lowest BCUT2D eigenvalue weighted by atomic mass is 9.96. The van der Waals surface area contributed by atoms with E-state index in [2.05, 4.69) is 37.4 Å². The average Bonchev–Trinajstić information content (AvgIpc) is 3.20. The van der Waals surface area contributed by atoms with E-state index in [0.29, 0.717) is 13.0 Å². The molecule has 0 unspecified atom stereocenters. The molecule has 2 aromatic rings. The second-order valence-corrected chi connectivity index (χ2v) is 7.80. The standard InChI is InChI=1S/C24H30N4O2/c1-5-13-25-24(30)27(4)16-23(29)28-22(19-9-7-6-8-10-19)15-21(26-28)20-12-11-17(2)18(3)14-20/h6-12,14,22H,5,13,15-16H2,1-4H3,(H,25,30)/t22-/m0/s1. The van der Waals surface area contributed by atoms with Crippen LogP contribution < -0.4 is 5.32 Å². The molecule has 1 aliphatic rings. The van der Waals surface area contributed by atoms with Crippen LogP contribution in [0.15, 0.2) is 53.6 Å². The van der Waals surface area contributed by atoms with E-state index in [1.165, 1.54) is 16.0 Å². The Morgan fingerprint density at radius 2 is 1.87 bits per heavy atom. The molecule has 3 amide bonds. The molecule has 0 spiro atoms. The fourth-order valence-corrected chi connectivity index (χ4v) is 3.48. The van der Waals surface area contributed by atoms with Gasteiger partial charge in [-0.05, 0) is 48.6 Å². The lowest BCUT2D eigenvalue weighted by Crippen LogP contribution is -2.43. The molecule has 0 radical (unpaired) electrons. The maximum Gasteiger partial charge on any atom is 0.317 e. The van der Waals surface area contributed by atoms with Crippen LogP contribution in [0.2, 0.25) is 0 Å². The minimum Gasteiger partial charge on any atom is -0.338 e. The number of urea groups is 1. The highest BCUT2D eigenvalue weighted by atomic mass is 16.2. The van der Waals surface area contributed by atoms with Gasteiger partial charge in [-0.25, -0.2) is 9.80 Å². The quantitative estimate of drug-likeness (QED) is 0.787. The fraction of sp³-hybridized carbons (Fsp3) is 0.375.